The van der Waals surface area contributed by atoms with Gasteiger partial charge in [0.2, 0.25) is 5.91 Å². The third-order valence-electron chi connectivity index (χ3n) is 5.23. The van der Waals surface area contributed by atoms with Crippen LogP contribution in [0.25, 0.3) is 11.0 Å². The van der Waals surface area contributed by atoms with Crippen molar-refractivity contribution in [1.29, 1.82) is 0 Å². The third-order valence-corrected chi connectivity index (χ3v) is 5.23. The number of nitrogens with two attached hydrogens (primary N) is 1. The van der Waals surface area contributed by atoms with E-state index in [-0.39, 0.29) is 29.8 Å². The average molecular weight is 552 g/mol. The van der Waals surface area contributed by atoms with Crippen molar-refractivity contribution in [1.82, 2.24) is 20.2 Å². The molecule has 0 aliphatic carbocycles. The second kappa shape index (κ2) is 12.4. The Kier molecular flexibility index (Phi) is 9.89. The van der Waals surface area contributed by atoms with Crippen LogP contribution in [0.15, 0.2) is 53.5 Å². The number of nitrogens with one attached hydrogen (secondary N) is 2. The molecule has 0 saturated heterocycles. The van der Waals surface area contributed by atoms with Crippen LogP contribution in [0.4, 0.5) is 4.39 Å². The van der Waals surface area contributed by atoms with Crippen LogP contribution in [0, 0.1) is 18.7 Å². The lowest BCUT2D eigenvalue weighted by molar-refractivity contribution is -0.121. The molecule has 32 heavy (non-hydrogen) atoms. The molecule has 0 saturated carbocycles. The zero-order valence-electron chi connectivity index (χ0n) is 18.3. The van der Waals surface area contributed by atoms with E-state index in [0.29, 0.717) is 25.5 Å². The fourth-order valence-corrected chi connectivity index (χ4v) is 3.54. The number of aromatic nitrogens is 2. The van der Waals surface area contributed by atoms with E-state index >= 15 is 0 Å². The summed E-state index contributed by atoms with van der Waals surface area (Å²) in [5, 5.41) is 6.43. The lowest BCUT2D eigenvalue weighted by atomic mass is 9.98. The van der Waals surface area contributed by atoms with E-state index in [1.54, 1.807) is 19.2 Å². The van der Waals surface area contributed by atoms with Crippen LogP contribution in [0.1, 0.15) is 17.8 Å². The number of para-hydroxylation sites is 2. The van der Waals surface area contributed by atoms with E-state index in [2.05, 4.69) is 31.2 Å². The molecule has 0 spiro atoms. The number of carbonyl (C=O) groups is 1. The number of amides is 1. The normalized spacial score (nSPS) is 12.3. The minimum absolute atomic E-state index is 0. The number of carbonyl (C=O) groups excluding carboxylic acids is 1. The van der Waals surface area contributed by atoms with Crippen molar-refractivity contribution in [2.45, 2.75) is 26.3 Å². The van der Waals surface area contributed by atoms with Gasteiger partial charge in [-0.05, 0) is 49.6 Å². The number of primary amides is 1. The topological polar surface area (TPSA) is 97.3 Å². The van der Waals surface area contributed by atoms with Crippen LogP contribution < -0.4 is 16.4 Å². The summed E-state index contributed by atoms with van der Waals surface area (Å²) in [5.74, 6) is 0.464. The van der Waals surface area contributed by atoms with Crippen molar-refractivity contribution < 1.29 is 9.18 Å². The molecule has 3 rings (SSSR count). The highest BCUT2D eigenvalue weighted by Crippen LogP contribution is 2.15. The molecule has 172 valence electrons. The molecule has 0 radical (unpaired) electrons. The smallest absolute Gasteiger partial charge is 0.222 e. The van der Waals surface area contributed by atoms with Gasteiger partial charge in [0, 0.05) is 26.7 Å². The second-order valence-corrected chi connectivity index (χ2v) is 7.46. The number of halogens is 2. The second-order valence-electron chi connectivity index (χ2n) is 7.46. The van der Waals surface area contributed by atoms with Gasteiger partial charge in [-0.15, -0.1) is 24.0 Å². The minimum Gasteiger partial charge on any atom is -0.369 e. The van der Waals surface area contributed by atoms with E-state index in [1.165, 1.54) is 12.1 Å². The summed E-state index contributed by atoms with van der Waals surface area (Å²) in [5.41, 5.74) is 8.55. The van der Waals surface area contributed by atoms with E-state index in [9.17, 15) is 9.18 Å². The first-order valence-electron chi connectivity index (χ1n) is 10.4. The molecule has 7 nitrogen and oxygen atoms in total. The van der Waals surface area contributed by atoms with Gasteiger partial charge in [0.15, 0.2) is 5.96 Å². The maximum Gasteiger partial charge on any atom is 0.222 e. The molecule has 2 aromatic carbocycles. The zero-order chi connectivity index (χ0) is 22.2. The maximum absolute atomic E-state index is 13.1. The van der Waals surface area contributed by atoms with Gasteiger partial charge in [-0.1, -0.05) is 24.3 Å². The van der Waals surface area contributed by atoms with Gasteiger partial charge in [0.1, 0.15) is 11.6 Å². The molecule has 0 aliphatic rings. The molecule has 3 aromatic rings. The van der Waals surface area contributed by atoms with E-state index in [4.69, 9.17) is 5.73 Å². The largest absolute Gasteiger partial charge is 0.369 e. The Hall–Kier alpha value is -2.69. The third kappa shape index (κ3) is 6.91. The van der Waals surface area contributed by atoms with Gasteiger partial charge in [-0.25, -0.2) is 9.37 Å². The van der Waals surface area contributed by atoms with Crippen molar-refractivity contribution >= 4 is 46.9 Å². The summed E-state index contributed by atoms with van der Waals surface area (Å²) in [6, 6.07) is 14.2. The number of aryl methyl sites for hydroxylation is 2. The highest BCUT2D eigenvalue weighted by Gasteiger charge is 2.17. The molecule has 0 bridgehead atoms. The molecule has 1 amide bonds. The first kappa shape index (κ1) is 25.6. The zero-order valence-corrected chi connectivity index (χ0v) is 20.7. The minimum atomic E-state index is -0.427. The molecule has 1 atom stereocenters. The highest BCUT2D eigenvalue weighted by molar-refractivity contribution is 14.0. The first-order chi connectivity index (χ1) is 15.0. The Morgan fingerprint density at radius 2 is 1.91 bits per heavy atom. The van der Waals surface area contributed by atoms with Crippen LogP contribution in [0.5, 0.6) is 0 Å². The van der Waals surface area contributed by atoms with Crippen molar-refractivity contribution in [2.24, 2.45) is 16.6 Å². The number of fused-ring (bicyclic) bond motifs is 1. The molecule has 0 aliphatic heterocycles. The summed E-state index contributed by atoms with van der Waals surface area (Å²) in [4.78, 5) is 20.6. The predicted octanol–water partition coefficient (Wildman–Crippen LogP) is 3.00. The number of aliphatic imine (C=N–C) groups is 1. The monoisotopic (exact) mass is 552 g/mol. The average Bonchev–Trinajstić information content (AvgIpc) is 3.08. The van der Waals surface area contributed by atoms with Crippen LogP contribution >= 0.6 is 24.0 Å². The predicted molar refractivity (Wildman–Crippen MR) is 137 cm³/mol. The number of nitrogens with zero attached hydrogens (tertiary/aromatic N) is 3. The quantitative estimate of drug-likeness (QED) is 0.165. The molecule has 4 N–H and O–H groups in total. The first-order valence-corrected chi connectivity index (χ1v) is 10.4. The van der Waals surface area contributed by atoms with Crippen molar-refractivity contribution in [2.75, 3.05) is 20.1 Å². The van der Waals surface area contributed by atoms with Crippen LogP contribution in [-0.2, 0) is 17.8 Å². The lowest BCUT2D eigenvalue weighted by Gasteiger charge is -2.17. The Morgan fingerprint density at radius 1 is 1.19 bits per heavy atom. The maximum atomic E-state index is 13.1. The Bertz CT molecular complexity index is 1050. The summed E-state index contributed by atoms with van der Waals surface area (Å²) < 4.78 is 15.3. The molecule has 9 heteroatoms. The Labute approximate surface area is 204 Å². The van der Waals surface area contributed by atoms with Gasteiger partial charge >= 0.3 is 0 Å². The summed E-state index contributed by atoms with van der Waals surface area (Å²) >= 11 is 0. The Balaban J connectivity index is 0.00000363. The summed E-state index contributed by atoms with van der Waals surface area (Å²) in [6.45, 7) is 3.91. The fraction of sp³-hybridized carbons (Fsp3) is 0.348. The van der Waals surface area contributed by atoms with Crippen LogP contribution in [0.2, 0.25) is 0 Å². The van der Waals surface area contributed by atoms with Gasteiger partial charge in [-0.2, -0.15) is 0 Å². The standard InChI is InChI=1S/C23H29FN6O.HI/c1-16-29-20-6-3-4-7-21(20)30(16)13-5-12-27-23(26-2)28-15-18(22(25)31)14-17-8-10-19(24)11-9-17;/h3-4,6-11,18H,5,12-15H2,1-2H3,(H2,25,31)(H2,26,27,28);1H. The van der Waals surface area contributed by atoms with E-state index < -0.39 is 11.8 Å². The molecular formula is C23H30FIN6O. The summed E-state index contributed by atoms with van der Waals surface area (Å²) in [7, 11) is 1.68. The molecule has 1 aromatic heterocycles. The van der Waals surface area contributed by atoms with Gasteiger partial charge in [0.05, 0.1) is 17.0 Å². The van der Waals surface area contributed by atoms with Gasteiger partial charge in [0.25, 0.3) is 0 Å². The summed E-state index contributed by atoms with van der Waals surface area (Å²) in [6.07, 6.45) is 1.32. The molecular weight excluding hydrogens is 522 g/mol. The van der Waals surface area contributed by atoms with Gasteiger partial charge in [-0.3, -0.25) is 9.79 Å². The number of hydrogen-bond acceptors (Lipinski definition) is 3. The van der Waals surface area contributed by atoms with Crippen LogP contribution in [-0.4, -0.2) is 41.6 Å². The molecule has 0 fully saturated rings. The number of rotatable bonds is 9. The molecule has 1 heterocycles. The SMILES string of the molecule is CN=C(NCCCn1c(C)nc2ccccc21)NCC(Cc1ccc(F)cc1)C(N)=O.I. The van der Waals surface area contributed by atoms with Crippen molar-refractivity contribution in [3.63, 3.8) is 0 Å². The fourth-order valence-electron chi connectivity index (χ4n) is 3.54. The number of imidazole rings is 1. The number of guanidine groups is 1. The highest BCUT2D eigenvalue weighted by atomic mass is 127. The van der Waals surface area contributed by atoms with E-state index in [0.717, 1.165) is 35.4 Å². The number of benzene rings is 2. The van der Waals surface area contributed by atoms with Crippen molar-refractivity contribution in [3.8, 4) is 0 Å². The van der Waals surface area contributed by atoms with E-state index in [1.807, 2.05) is 25.1 Å². The Morgan fingerprint density at radius 3 is 2.59 bits per heavy atom. The van der Waals surface area contributed by atoms with Crippen molar-refractivity contribution in [3.05, 3.63) is 65.7 Å². The van der Waals surface area contributed by atoms with Gasteiger partial charge < -0.3 is 20.9 Å². The lowest BCUT2D eigenvalue weighted by Crippen LogP contribution is -2.43. The van der Waals surface area contributed by atoms with Crippen LogP contribution in [0.3, 0.4) is 0 Å². The number of hydrogen-bond donors (Lipinski definition) is 3. The molecule has 1 unspecified atom stereocenters.